The van der Waals surface area contributed by atoms with Crippen LogP contribution in [-0.2, 0) is 11.3 Å². The maximum atomic E-state index is 13.7. The number of rotatable bonds is 5. The highest BCUT2D eigenvalue weighted by molar-refractivity contribution is 6.31. The molecular weight excluding hydrogens is 425 g/mol. The van der Waals surface area contributed by atoms with Crippen molar-refractivity contribution in [3.05, 3.63) is 106 Å². The molecule has 0 aliphatic carbocycles. The molecule has 0 radical (unpaired) electrons. The van der Waals surface area contributed by atoms with E-state index in [9.17, 15) is 14.4 Å². The maximum Gasteiger partial charge on any atom is 0.266 e. The van der Waals surface area contributed by atoms with E-state index in [2.05, 4.69) is 9.88 Å². The van der Waals surface area contributed by atoms with Crippen molar-refractivity contribution < 1.29 is 9.18 Å². The van der Waals surface area contributed by atoms with Gasteiger partial charge in [-0.1, -0.05) is 48.0 Å². The molecule has 0 bridgehead atoms. The Morgan fingerprint density at radius 1 is 1.12 bits per heavy atom. The second kappa shape index (κ2) is 9.09. The van der Waals surface area contributed by atoms with E-state index < -0.39 is 5.91 Å². The van der Waals surface area contributed by atoms with Crippen LogP contribution in [0.5, 0.6) is 0 Å². The second-order valence-corrected chi connectivity index (χ2v) is 7.80. The fourth-order valence-corrected chi connectivity index (χ4v) is 3.91. The predicted octanol–water partition coefficient (Wildman–Crippen LogP) is 6.34. The number of nitrogens with one attached hydrogen (secondary N) is 1. The number of carbonyl (C=O) groups excluding carboxylic acids is 1. The van der Waals surface area contributed by atoms with Gasteiger partial charge in [0.2, 0.25) is 0 Å². The van der Waals surface area contributed by atoms with Gasteiger partial charge < -0.3 is 9.88 Å². The van der Waals surface area contributed by atoms with E-state index >= 15 is 0 Å². The predicted molar refractivity (Wildman–Crippen MR) is 126 cm³/mol. The van der Waals surface area contributed by atoms with Crippen LogP contribution in [0.15, 0.2) is 78.4 Å². The maximum absolute atomic E-state index is 13.7. The van der Waals surface area contributed by atoms with E-state index in [4.69, 9.17) is 11.6 Å². The van der Waals surface area contributed by atoms with Gasteiger partial charge in [0, 0.05) is 39.4 Å². The Kier molecular flexibility index (Phi) is 6.07. The Labute approximate surface area is 190 Å². The van der Waals surface area contributed by atoms with E-state index in [1.807, 2.05) is 43.3 Å². The average molecular weight is 444 g/mol. The van der Waals surface area contributed by atoms with Crippen LogP contribution in [-0.4, -0.2) is 10.5 Å². The minimum Gasteiger partial charge on any atom is -0.340 e. The Morgan fingerprint density at radius 2 is 1.91 bits per heavy atom. The fraction of sp³-hybridized carbons (Fsp3) is 0.0769. The van der Waals surface area contributed by atoms with Gasteiger partial charge in [0.25, 0.3) is 5.91 Å². The molecule has 0 aliphatic heterocycles. The highest BCUT2D eigenvalue weighted by atomic mass is 35.5. The van der Waals surface area contributed by atoms with Gasteiger partial charge in [0.15, 0.2) is 0 Å². The molecule has 0 aliphatic rings. The summed E-state index contributed by atoms with van der Waals surface area (Å²) in [7, 11) is 0. The molecular formula is C26H19ClFN3O. The Balaban J connectivity index is 1.74. The van der Waals surface area contributed by atoms with Crippen molar-refractivity contribution in [3.8, 4) is 6.07 Å². The van der Waals surface area contributed by atoms with Crippen LogP contribution in [0.1, 0.15) is 16.8 Å². The summed E-state index contributed by atoms with van der Waals surface area (Å²) in [5.41, 5.74) is 3.89. The number of fused-ring (bicyclic) bond motifs is 1. The van der Waals surface area contributed by atoms with E-state index in [0.717, 1.165) is 27.7 Å². The molecule has 0 fully saturated rings. The lowest BCUT2D eigenvalue weighted by atomic mass is 10.1. The first-order valence-corrected chi connectivity index (χ1v) is 10.3. The zero-order valence-electron chi connectivity index (χ0n) is 17.3. The number of hydrogen-bond donors (Lipinski definition) is 1. The van der Waals surface area contributed by atoms with Crippen molar-refractivity contribution in [2.45, 2.75) is 13.5 Å². The summed E-state index contributed by atoms with van der Waals surface area (Å²) in [5, 5.41) is 13.8. The van der Waals surface area contributed by atoms with Crippen LogP contribution in [0.3, 0.4) is 0 Å². The minimum absolute atomic E-state index is 0.0262. The molecule has 0 atom stereocenters. The third kappa shape index (κ3) is 4.41. The lowest BCUT2D eigenvalue weighted by Gasteiger charge is -2.09. The van der Waals surface area contributed by atoms with Gasteiger partial charge in [-0.15, -0.1) is 0 Å². The molecule has 4 rings (SSSR count). The fourth-order valence-electron chi connectivity index (χ4n) is 3.72. The van der Waals surface area contributed by atoms with Crippen molar-refractivity contribution in [3.63, 3.8) is 0 Å². The van der Waals surface area contributed by atoms with Gasteiger partial charge in [-0.2, -0.15) is 5.26 Å². The molecule has 0 unspecified atom stereocenters. The summed E-state index contributed by atoms with van der Waals surface area (Å²) >= 11 is 5.98. The summed E-state index contributed by atoms with van der Waals surface area (Å²) in [6, 6.07) is 23.0. The van der Waals surface area contributed by atoms with Crippen LogP contribution < -0.4 is 5.32 Å². The summed E-state index contributed by atoms with van der Waals surface area (Å²) in [6.45, 7) is 2.39. The van der Waals surface area contributed by atoms with E-state index in [0.29, 0.717) is 17.3 Å². The first-order valence-electron chi connectivity index (χ1n) is 9.97. The van der Waals surface area contributed by atoms with E-state index in [-0.39, 0.29) is 11.4 Å². The number of nitriles is 1. The normalized spacial score (nSPS) is 11.4. The first-order chi connectivity index (χ1) is 15.5. The third-order valence-corrected chi connectivity index (χ3v) is 5.48. The average Bonchev–Trinajstić information content (AvgIpc) is 3.03. The summed E-state index contributed by atoms with van der Waals surface area (Å²) in [4.78, 5) is 12.7. The number of aromatic nitrogens is 1. The number of amides is 1. The molecule has 1 heterocycles. The first kappa shape index (κ1) is 21.4. The van der Waals surface area contributed by atoms with E-state index in [1.165, 1.54) is 12.1 Å². The van der Waals surface area contributed by atoms with Crippen LogP contribution in [0.4, 0.5) is 10.1 Å². The van der Waals surface area contributed by atoms with Gasteiger partial charge in [-0.3, -0.25) is 4.79 Å². The Bertz CT molecular complexity index is 1400. The van der Waals surface area contributed by atoms with Gasteiger partial charge in [-0.25, -0.2) is 4.39 Å². The monoisotopic (exact) mass is 443 g/mol. The van der Waals surface area contributed by atoms with Gasteiger partial charge in [-0.05, 0) is 55.0 Å². The zero-order chi connectivity index (χ0) is 22.7. The zero-order valence-corrected chi connectivity index (χ0v) is 18.0. The summed E-state index contributed by atoms with van der Waals surface area (Å²) < 4.78 is 15.7. The third-order valence-electron chi connectivity index (χ3n) is 5.25. The highest BCUT2D eigenvalue weighted by Gasteiger charge is 2.16. The number of benzene rings is 3. The molecule has 0 spiro atoms. The summed E-state index contributed by atoms with van der Waals surface area (Å²) in [6.07, 6.45) is 1.60. The molecule has 158 valence electrons. The quantitative estimate of drug-likeness (QED) is 0.289. The van der Waals surface area contributed by atoms with Gasteiger partial charge in [0.05, 0.1) is 0 Å². The van der Waals surface area contributed by atoms with Crippen LogP contribution in [0, 0.1) is 24.1 Å². The van der Waals surface area contributed by atoms with Gasteiger partial charge >= 0.3 is 0 Å². The molecule has 1 N–H and O–H groups in total. The van der Waals surface area contributed by atoms with Crippen molar-refractivity contribution in [2.24, 2.45) is 0 Å². The minimum atomic E-state index is -0.517. The molecule has 0 saturated carbocycles. The molecule has 4 aromatic rings. The SMILES string of the molecule is Cc1c(/C=C(\C#N)C(=O)Nc2cccc(Cl)c2)c2ccccc2n1Cc1cccc(F)c1. The van der Waals surface area contributed by atoms with Crippen molar-refractivity contribution in [2.75, 3.05) is 5.32 Å². The van der Waals surface area contributed by atoms with Crippen molar-refractivity contribution in [1.82, 2.24) is 4.57 Å². The number of anilines is 1. The largest absolute Gasteiger partial charge is 0.340 e. The Hall–Kier alpha value is -3.88. The lowest BCUT2D eigenvalue weighted by Crippen LogP contribution is -2.13. The number of hydrogen-bond acceptors (Lipinski definition) is 2. The van der Waals surface area contributed by atoms with Gasteiger partial charge in [0.1, 0.15) is 17.5 Å². The number of para-hydroxylation sites is 1. The molecule has 32 heavy (non-hydrogen) atoms. The van der Waals surface area contributed by atoms with Crippen LogP contribution in [0.2, 0.25) is 5.02 Å². The van der Waals surface area contributed by atoms with E-state index in [1.54, 1.807) is 36.4 Å². The molecule has 6 heteroatoms. The number of halogens is 2. The lowest BCUT2D eigenvalue weighted by molar-refractivity contribution is -0.112. The topological polar surface area (TPSA) is 57.8 Å². The van der Waals surface area contributed by atoms with Crippen molar-refractivity contribution >= 4 is 40.2 Å². The molecule has 1 amide bonds. The number of nitrogens with zero attached hydrogens (tertiary/aromatic N) is 2. The second-order valence-electron chi connectivity index (χ2n) is 7.37. The highest BCUT2D eigenvalue weighted by Crippen LogP contribution is 2.29. The molecule has 3 aromatic carbocycles. The molecule has 1 aromatic heterocycles. The van der Waals surface area contributed by atoms with Crippen LogP contribution in [0.25, 0.3) is 17.0 Å². The molecule has 0 saturated heterocycles. The van der Waals surface area contributed by atoms with Crippen molar-refractivity contribution in [1.29, 1.82) is 5.26 Å². The van der Waals surface area contributed by atoms with Crippen LogP contribution >= 0.6 is 11.6 Å². The number of carbonyl (C=O) groups is 1. The smallest absolute Gasteiger partial charge is 0.266 e. The Morgan fingerprint density at radius 3 is 2.66 bits per heavy atom. The summed E-state index contributed by atoms with van der Waals surface area (Å²) in [5.74, 6) is -0.808. The molecule has 4 nitrogen and oxygen atoms in total. The standard InChI is InChI=1S/C26H19ClFN3O/c1-17-24(13-19(15-29)26(32)30-22-9-5-7-20(27)14-22)23-10-2-3-11-25(23)31(17)16-18-6-4-8-21(28)12-18/h2-14H,16H2,1H3,(H,30,32)/b19-13+.